The highest BCUT2D eigenvalue weighted by Gasteiger charge is 2.51. The molecule has 0 amide bonds. The molecule has 1 aliphatic heterocycles. The van der Waals surface area contributed by atoms with E-state index in [9.17, 15) is 0 Å². The molecule has 0 bridgehead atoms. The predicted molar refractivity (Wildman–Crippen MR) is 231 cm³/mol. The van der Waals surface area contributed by atoms with Crippen LogP contribution in [0.1, 0.15) is 54.3 Å². The molecule has 4 aliphatic rings. The maximum atomic E-state index is 6.84. The van der Waals surface area contributed by atoms with Crippen molar-refractivity contribution in [1.29, 1.82) is 0 Å². The highest BCUT2D eigenvalue weighted by molar-refractivity contribution is 5.91. The van der Waals surface area contributed by atoms with Gasteiger partial charge in [0.15, 0.2) is 17.5 Å². The van der Waals surface area contributed by atoms with E-state index in [2.05, 4.69) is 177 Å². The summed E-state index contributed by atoms with van der Waals surface area (Å²) in [4.78, 5) is 15.3. The summed E-state index contributed by atoms with van der Waals surface area (Å²) in [5.74, 6) is 4.26. The van der Waals surface area contributed by atoms with Gasteiger partial charge in [-0.2, -0.15) is 0 Å². The molecule has 272 valence electrons. The number of hydrogen-bond donors (Lipinski definition) is 0. The van der Waals surface area contributed by atoms with Crippen LogP contribution in [-0.2, 0) is 5.41 Å². The average molecular weight is 734 g/mol. The number of rotatable bonds is 5. The van der Waals surface area contributed by atoms with Gasteiger partial charge in [0, 0.05) is 27.8 Å². The molecule has 11 rings (SSSR count). The second-order valence-electron chi connectivity index (χ2n) is 15.5. The fraction of sp³-hybridized carbons (Fsp3) is 0.113. The van der Waals surface area contributed by atoms with Gasteiger partial charge in [0.25, 0.3) is 0 Å². The average Bonchev–Trinajstić information content (AvgIpc) is 3.57. The van der Waals surface area contributed by atoms with Gasteiger partial charge in [-0.25, -0.2) is 15.0 Å². The lowest BCUT2D eigenvalue weighted by molar-refractivity contribution is 0.436. The zero-order chi connectivity index (χ0) is 37.9. The third-order valence-electron chi connectivity index (χ3n) is 12.0. The summed E-state index contributed by atoms with van der Waals surface area (Å²) in [6.07, 6.45) is 14.4. The van der Waals surface area contributed by atoms with Crippen LogP contribution < -0.4 is 4.74 Å². The summed E-state index contributed by atoms with van der Waals surface area (Å²) < 4.78 is 6.84. The number of para-hydroxylation sites is 1. The van der Waals surface area contributed by atoms with Crippen LogP contribution in [0.2, 0.25) is 0 Å². The van der Waals surface area contributed by atoms with Gasteiger partial charge in [-0.1, -0.05) is 165 Å². The van der Waals surface area contributed by atoms with Crippen molar-refractivity contribution >= 4 is 11.1 Å². The fourth-order valence-corrected chi connectivity index (χ4v) is 9.26. The first-order chi connectivity index (χ1) is 28.1. The first-order valence-corrected chi connectivity index (χ1v) is 20.0. The molecule has 0 saturated heterocycles. The Morgan fingerprint density at radius 2 is 1.19 bits per heavy atom. The zero-order valence-electron chi connectivity index (χ0n) is 31.7. The lowest BCUT2D eigenvalue weighted by Crippen LogP contribution is -2.33. The number of nitrogens with zero attached hydrogens (tertiary/aromatic N) is 3. The highest BCUT2D eigenvalue weighted by atomic mass is 16.5. The molecule has 7 aromatic rings. The number of fused-ring (bicyclic) bond motifs is 8. The molecule has 2 unspecified atom stereocenters. The molecule has 2 atom stereocenters. The smallest absolute Gasteiger partial charge is 0.164 e. The summed E-state index contributed by atoms with van der Waals surface area (Å²) in [7, 11) is 0. The lowest BCUT2D eigenvalue weighted by Gasteiger charge is -2.40. The monoisotopic (exact) mass is 733 g/mol. The Morgan fingerprint density at radius 3 is 2.04 bits per heavy atom. The number of benzene rings is 6. The van der Waals surface area contributed by atoms with Crippen molar-refractivity contribution in [3.63, 3.8) is 0 Å². The second-order valence-corrected chi connectivity index (χ2v) is 15.5. The number of ether oxygens (including phenoxy) is 1. The number of allylic oxidation sites excluding steroid dienone is 8. The summed E-state index contributed by atoms with van der Waals surface area (Å²) in [6.45, 7) is 2.23. The maximum Gasteiger partial charge on any atom is 0.164 e. The van der Waals surface area contributed by atoms with Crippen molar-refractivity contribution < 1.29 is 4.74 Å². The molecular weight excluding hydrogens is 695 g/mol. The molecule has 4 heteroatoms. The summed E-state index contributed by atoms with van der Waals surface area (Å²) >= 11 is 0. The van der Waals surface area contributed by atoms with Gasteiger partial charge >= 0.3 is 0 Å². The first kappa shape index (κ1) is 33.4. The van der Waals surface area contributed by atoms with E-state index in [1.165, 1.54) is 39.0 Å². The first-order valence-electron chi connectivity index (χ1n) is 20.0. The second kappa shape index (κ2) is 13.4. The van der Waals surface area contributed by atoms with Gasteiger partial charge in [-0.3, -0.25) is 0 Å². The van der Waals surface area contributed by atoms with Crippen LogP contribution >= 0.6 is 0 Å². The van der Waals surface area contributed by atoms with Crippen LogP contribution in [0.15, 0.2) is 182 Å². The van der Waals surface area contributed by atoms with Crippen LogP contribution in [0.4, 0.5) is 0 Å². The minimum absolute atomic E-state index is 0.440. The van der Waals surface area contributed by atoms with E-state index in [-0.39, 0.29) is 0 Å². The Hall–Kier alpha value is -6.91. The molecule has 57 heavy (non-hydrogen) atoms. The van der Waals surface area contributed by atoms with Gasteiger partial charge in [-0.15, -0.1) is 0 Å². The van der Waals surface area contributed by atoms with Crippen LogP contribution in [0, 0.1) is 5.92 Å². The maximum absolute atomic E-state index is 6.84. The van der Waals surface area contributed by atoms with E-state index in [1.807, 2.05) is 6.07 Å². The molecule has 6 aromatic carbocycles. The molecule has 0 saturated carbocycles. The topological polar surface area (TPSA) is 47.9 Å². The van der Waals surface area contributed by atoms with Crippen LogP contribution in [0.3, 0.4) is 0 Å². The van der Waals surface area contributed by atoms with E-state index in [4.69, 9.17) is 19.7 Å². The molecule has 0 N–H and O–H groups in total. The van der Waals surface area contributed by atoms with E-state index >= 15 is 0 Å². The van der Waals surface area contributed by atoms with Gasteiger partial charge in [0.1, 0.15) is 11.5 Å². The van der Waals surface area contributed by atoms with Crippen LogP contribution in [0.5, 0.6) is 11.5 Å². The summed E-state index contributed by atoms with van der Waals surface area (Å²) in [5, 5.41) is 0. The van der Waals surface area contributed by atoms with E-state index in [0.717, 1.165) is 64.2 Å². The Morgan fingerprint density at radius 1 is 0.544 bits per heavy atom. The van der Waals surface area contributed by atoms with Gasteiger partial charge in [-0.05, 0) is 87.9 Å². The molecule has 4 nitrogen and oxygen atoms in total. The largest absolute Gasteiger partial charge is 0.457 e. The van der Waals surface area contributed by atoms with Gasteiger partial charge < -0.3 is 4.74 Å². The Kier molecular flexibility index (Phi) is 7.85. The molecule has 1 aromatic heterocycles. The van der Waals surface area contributed by atoms with Gasteiger partial charge in [0.05, 0.1) is 5.41 Å². The molecule has 0 radical (unpaired) electrons. The van der Waals surface area contributed by atoms with Gasteiger partial charge in [0.2, 0.25) is 0 Å². The van der Waals surface area contributed by atoms with Crippen molar-refractivity contribution in [2.24, 2.45) is 5.92 Å². The predicted octanol–water partition coefficient (Wildman–Crippen LogP) is 13.1. The minimum Gasteiger partial charge on any atom is -0.457 e. The van der Waals surface area contributed by atoms with E-state index < -0.39 is 5.41 Å². The molecular formula is C53H39N3O. The fourth-order valence-electron chi connectivity index (χ4n) is 9.26. The van der Waals surface area contributed by atoms with E-state index in [0.29, 0.717) is 23.4 Å². The third-order valence-corrected chi connectivity index (χ3v) is 12.0. The highest BCUT2D eigenvalue weighted by Crippen LogP contribution is 2.62. The minimum atomic E-state index is -0.440. The Labute approximate surface area is 333 Å². The van der Waals surface area contributed by atoms with Crippen LogP contribution in [0.25, 0.3) is 56.2 Å². The van der Waals surface area contributed by atoms with Crippen molar-refractivity contribution in [2.45, 2.75) is 31.6 Å². The Bertz CT molecular complexity index is 2860. The van der Waals surface area contributed by atoms with Crippen LogP contribution in [-0.4, -0.2) is 15.0 Å². The van der Waals surface area contributed by atoms with Crippen molar-refractivity contribution in [3.05, 3.63) is 210 Å². The number of hydrogen-bond acceptors (Lipinski definition) is 4. The van der Waals surface area contributed by atoms with E-state index in [1.54, 1.807) is 0 Å². The molecule has 3 aliphatic carbocycles. The zero-order valence-corrected chi connectivity index (χ0v) is 31.7. The summed E-state index contributed by atoms with van der Waals surface area (Å²) in [5.41, 5.74) is 14.8. The number of aromatic nitrogens is 3. The lowest BCUT2D eigenvalue weighted by atomic mass is 9.64. The molecule has 2 heterocycles. The van der Waals surface area contributed by atoms with Crippen molar-refractivity contribution in [2.75, 3.05) is 0 Å². The summed E-state index contributed by atoms with van der Waals surface area (Å²) in [6, 6.07) is 51.8. The molecule has 0 fully saturated rings. The molecule has 1 spiro atoms. The quantitative estimate of drug-likeness (QED) is 0.177. The van der Waals surface area contributed by atoms with Crippen molar-refractivity contribution in [1.82, 2.24) is 15.0 Å². The van der Waals surface area contributed by atoms with Crippen molar-refractivity contribution in [3.8, 4) is 56.5 Å². The Balaban J connectivity index is 1.01. The normalized spacial score (nSPS) is 18.7. The SMILES string of the molecule is CC1C=CC(c2nc(-c3ccc(-c4ccccc4)cc3)nc(-c3cccc(-c4ccc5c(c4)Oc4ccccc4C54C5=C(CCC=C5)c5ccccc54)c3)n2)=CC1. The third kappa shape index (κ3) is 5.47. The standard InChI is InChI=1S/C53H39N3O/c1-34-22-24-37(25-23-34)50-54-51(38-28-26-36(27-29-38)35-12-3-2-4-13-35)56-52(55-50)41-15-11-14-39(32-41)40-30-31-47-49(33-40)57-48-21-10-9-20-46(48)53(47)44-18-7-5-16-42(44)43-17-6-8-19-45(43)53/h2-5,7-16,18-22,24-34H,6,17,23H2,1H3.